The summed E-state index contributed by atoms with van der Waals surface area (Å²) in [7, 11) is 0. The Labute approximate surface area is 135 Å². The van der Waals surface area contributed by atoms with Crippen LogP contribution >= 0.6 is 34.2 Å². The number of hydrogen-bond acceptors (Lipinski definition) is 5. The van der Waals surface area contributed by atoms with Crippen molar-refractivity contribution in [1.82, 2.24) is 15.0 Å². The molecule has 0 atom stereocenters. The highest BCUT2D eigenvalue weighted by atomic mass is 127. The molecule has 0 spiro atoms. The summed E-state index contributed by atoms with van der Waals surface area (Å²) < 4.78 is 1.10. The maximum atomic E-state index is 6.00. The van der Waals surface area contributed by atoms with Crippen LogP contribution in [0.3, 0.4) is 0 Å². The average molecular weight is 402 g/mol. The van der Waals surface area contributed by atoms with Crippen molar-refractivity contribution in [2.45, 2.75) is 12.8 Å². The van der Waals surface area contributed by atoms with Crippen molar-refractivity contribution in [3.8, 4) is 0 Å². The third-order valence-electron chi connectivity index (χ3n) is 3.11. The van der Waals surface area contributed by atoms with Crippen LogP contribution in [0.25, 0.3) is 0 Å². The topological polar surface area (TPSA) is 53.9 Å². The molecule has 5 nitrogen and oxygen atoms in total. The molecule has 104 valence electrons. The van der Waals surface area contributed by atoms with Crippen molar-refractivity contribution in [2.75, 3.05) is 23.3 Å². The second-order valence-corrected chi connectivity index (χ2v) is 6.03. The second-order valence-electron chi connectivity index (χ2n) is 4.53. The Morgan fingerprint density at radius 2 is 1.85 bits per heavy atom. The molecule has 1 saturated heterocycles. The Morgan fingerprint density at radius 3 is 2.60 bits per heavy atom. The summed E-state index contributed by atoms with van der Waals surface area (Å²) in [4.78, 5) is 14.9. The molecule has 0 aliphatic carbocycles. The van der Waals surface area contributed by atoms with E-state index in [-0.39, 0.29) is 5.28 Å². The Morgan fingerprint density at radius 1 is 1.10 bits per heavy atom. The summed E-state index contributed by atoms with van der Waals surface area (Å²) in [5, 5.41) is 3.41. The van der Waals surface area contributed by atoms with Gasteiger partial charge in [-0.2, -0.15) is 15.0 Å². The molecule has 0 unspecified atom stereocenters. The minimum absolute atomic E-state index is 0.218. The predicted octanol–water partition coefficient (Wildman–Crippen LogP) is 3.47. The summed E-state index contributed by atoms with van der Waals surface area (Å²) in [6.07, 6.45) is 2.34. The van der Waals surface area contributed by atoms with Crippen LogP contribution in [0.5, 0.6) is 0 Å². The average Bonchev–Trinajstić information content (AvgIpc) is 2.95. The lowest BCUT2D eigenvalue weighted by molar-refractivity contribution is 0.883. The van der Waals surface area contributed by atoms with Crippen molar-refractivity contribution in [1.29, 1.82) is 0 Å². The van der Waals surface area contributed by atoms with Gasteiger partial charge in [0.1, 0.15) is 0 Å². The largest absolute Gasteiger partial charge is 0.341 e. The number of hydrogen-bond donors (Lipinski definition) is 1. The summed E-state index contributed by atoms with van der Waals surface area (Å²) in [5.41, 5.74) is 0.961. The molecule has 2 heterocycles. The number of para-hydroxylation sites is 1. The summed E-state index contributed by atoms with van der Waals surface area (Å²) in [6.45, 7) is 1.95. The van der Waals surface area contributed by atoms with E-state index in [1.54, 1.807) is 0 Å². The van der Waals surface area contributed by atoms with Crippen LogP contribution in [-0.4, -0.2) is 28.0 Å². The highest BCUT2D eigenvalue weighted by Gasteiger charge is 2.17. The van der Waals surface area contributed by atoms with Crippen LogP contribution in [0.2, 0.25) is 5.28 Å². The first-order valence-corrected chi connectivity index (χ1v) is 7.86. The first kappa shape index (κ1) is 13.8. The first-order chi connectivity index (χ1) is 9.72. The van der Waals surface area contributed by atoms with Gasteiger partial charge < -0.3 is 10.2 Å². The van der Waals surface area contributed by atoms with Crippen molar-refractivity contribution < 1.29 is 0 Å². The molecule has 0 bridgehead atoms. The van der Waals surface area contributed by atoms with Gasteiger partial charge in [-0.05, 0) is 59.2 Å². The SMILES string of the molecule is Clc1nc(Nc2ccccc2I)nc(N2CCCC2)n1. The van der Waals surface area contributed by atoms with Gasteiger partial charge in [0.15, 0.2) is 0 Å². The van der Waals surface area contributed by atoms with E-state index in [4.69, 9.17) is 11.6 Å². The maximum Gasteiger partial charge on any atom is 0.233 e. The predicted molar refractivity (Wildman–Crippen MR) is 88.7 cm³/mol. The number of rotatable bonds is 3. The molecular formula is C13H13ClIN5. The third kappa shape index (κ3) is 3.12. The molecule has 1 N–H and O–H groups in total. The molecule has 0 amide bonds. The normalized spacial score (nSPS) is 14.6. The summed E-state index contributed by atoms with van der Waals surface area (Å²) in [6, 6.07) is 7.96. The van der Waals surface area contributed by atoms with E-state index in [0.717, 1.165) is 22.3 Å². The van der Waals surface area contributed by atoms with Gasteiger partial charge in [0, 0.05) is 16.7 Å². The molecule has 1 aromatic heterocycles. The molecule has 1 fully saturated rings. The summed E-state index contributed by atoms with van der Waals surface area (Å²) in [5.74, 6) is 1.13. The van der Waals surface area contributed by atoms with Crippen molar-refractivity contribution in [3.05, 3.63) is 33.1 Å². The lowest BCUT2D eigenvalue weighted by Crippen LogP contribution is -2.21. The van der Waals surface area contributed by atoms with Crippen LogP contribution in [0.1, 0.15) is 12.8 Å². The molecule has 20 heavy (non-hydrogen) atoms. The quantitative estimate of drug-likeness (QED) is 0.798. The Bertz CT molecular complexity index is 615. The zero-order valence-corrected chi connectivity index (χ0v) is 13.6. The molecule has 0 saturated carbocycles. The maximum absolute atomic E-state index is 6.00. The third-order valence-corrected chi connectivity index (χ3v) is 4.22. The molecular weight excluding hydrogens is 389 g/mol. The molecule has 1 aliphatic heterocycles. The minimum Gasteiger partial charge on any atom is -0.341 e. The molecule has 0 radical (unpaired) electrons. The first-order valence-electron chi connectivity index (χ1n) is 6.40. The monoisotopic (exact) mass is 401 g/mol. The molecule has 2 aromatic rings. The molecule has 7 heteroatoms. The van der Waals surface area contributed by atoms with Crippen molar-refractivity contribution in [3.63, 3.8) is 0 Å². The number of nitrogens with one attached hydrogen (secondary N) is 1. The van der Waals surface area contributed by atoms with Crippen molar-refractivity contribution in [2.24, 2.45) is 0 Å². The smallest absolute Gasteiger partial charge is 0.233 e. The number of nitrogens with zero attached hydrogens (tertiary/aromatic N) is 4. The molecule has 3 rings (SSSR count). The molecule has 1 aliphatic rings. The Balaban J connectivity index is 1.88. The zero-order valence-electron chi connectivity index (χ0n) is 10.7. The van der Waals surface area contributed by atoms with Crippen molar-refractivity contribution >= 4 is 51.8 Å². The second kappa shape index (κ2) is 6.09. The van der Waals surface area contributed by atoms with Crippen LogP contribution in [0, 0.1) is 3.57 Å². The van der Waals surface area contributed by atoms with Crippen LogP contribution in [-0.2, 0) is 0 Å². The fourth-order valence-corrected chi connectivity index (χ4v) is 2.82. The fourth-order valence-electron chi connectivity index (χ4n) is 2.14. The number of aromatic nitrogens is 3. The van der Waals surface area contributed by atoms with E-state index in [1.807, 2.05) is 24.3 Å². The fraction of sp³-hybridized carbons (Fsp3) is 0.308. The van der Waals surface area contributed by atoms with E-state index in [0.29, 0.717) is 11.9 Å². The minimum atomic E-state index is 0.218. The van der Waals surface area contributed by atoms with Gasteiger partial charge in [0.05, 0.1) is 5.69 Å². The number of anilines is 3. The summed E-state index contributed by atoms with van der Waals surface area (Å²) >= 11 is 8.27. The standard InChI is InChI=1S/C13H13ClIN5/c14-11-17-12(16-10-6-2-1-5-9(10)15)19-13(18-11)20-7-3-4-8-20/h1-2,5-6H,3-4,7-8H2,(H,16,17,18,19). The van der Waals surface area contributed by atoms with E-state index in [1.165, 1.54) is 12.8 Å². The van der Waals surface area contributed by atoms with Crippen LogP contribution in [0.4, 0.5) is 17.6 Å². The van der Waals surface area contributed by atoms with Gasteiger partial charge in [-0.3, -0.25) is 0 Å². The molecule has 1 aromatic carbocycles. The van der Waals surface area contributed by atoms with Gasteiger partial charge >= 0.3 is 0 Å². The van der Waals surface area contributed by atoms with Gasteiger partial charge in [-0.15, -0.1) is 0 Å². The number of halogens is 2. The Kier molecular flexibility index (Phi) is 4.21. The van der Waals surface area contributed by atoms with Gasteiger partial charge in [-0.25, -0.2) is 0 Å². The van der Waals surface area contributed by atoms with E-state index in [9.17, 15) is 0 Å². The van der Waals surface area contributed by atoms with Gasteiger partial charge in [-0.1, -0.05) is 12.1 Å². The zero-order chi connectivity index (χ0) is 13.9. The van der Waals surface area contributed by atoms with E-state index >= 15 is 0 Å². The Hall–Kier alpha value is -1.15. The lowest BCUT2D eigenvalue weighted by atomic mass is 10.3. The van der Waals surface area contributed by atoms with Crippen LogP contribution in [0.15, 0.2) is 24.3 Å². The lowest BCUT2D eigenvalue weighted by Gasteiger charge is -2.16. The highest BCUT2D eigenvalue weighted by molar-refractivity contribution is 14.1. The van der Waals surface area contributed by atoms with Gasteiger partial charge in [0.2, 0.25) is 17.2 Å². The number of benzene rings is 1. The van der Waals surface area contributed by atoms with E-state index < -0.39 is 0 Å². The van der Waals surface area contributed by atoms with Gasteiger partial charge in [0.25, 0.3) is 0 Å². The van der Waals surface area contributed by atoms with E-state index in [2.05, 4.69) is 47.8 Å². The van der Waals surface area contributed by atoms with Crippen LogP contribution < -0.4 is 10.2 Å². The highest BCUT2D eigenvalue weighted by Crippen LogP contribution is 2.23.